The minimum absolute atomic E-state index is 0.0974. The van der Waals surface area contributed by atoms with Crippen molar-refractivity contribution in [3.05, 3.63) is 33.8 Å². The maximum Gasteiger partial charge on any atom is 0.339 e. The summed E-state index contributed by atoms with van der Waals surface area (Å²) in [5, 5.41) is 11.0. The number of rotatable bonds is 4. The number of benzene rings is 1. The Bertz CT molecular complexity index is 592. The first-order valence-electron chi connectivity index (χ1n) is 8.50. The van der Waals surface area contributed by atoms with Gasteiger partial charge < -0.3 is 14.6 Å². The van der Waals surface area contributed by atoms with Crippen molar-refractivity contribution >= 4 is 29.2 Å². The van der Waals surface area contributed by atoms with Crippen LogP contribution in [-0.4, -0.2) is 36.0 Å². The van der Waals surface area contributed by atoms with E-state index in [1.807, 2.05) is 0 Å². The van der Waals surface area contributed by atoms with E-state index in [4.69, 9.17) is 32.7 Å². The maximum absolute atomic E-state index is 12.1. The number of halogens is 2. The van der Waals surface area contributed by atoms with Crippen molar-refractivity contribution in [1.82, 2.24) is 0 Å². The van der Waals surface area contributed by atoms with Crippen LogP contribution in [0, 0.1) is 5.92 Å². The summed E-state index contributed by atoms with van der Waals surface area (Å²) in [7, 11) is 0. The van der Waals surface area contributed by atoms with Crippen LogP contribution in [0.1, 0.15) is 48.9 Å². The Morgan fingerprint density at radius 2 is 2.04 bits per heavy atom. The molecular weight excluding hydrogens is 351 g/mol. The molecule has 3 rings (SSSR count). The molecule has 0 aromatic heterocycles. The van der Waals surface area contributed by atoms with Gasteiger partial charge in [-0.3, -0.25) is 0 Å². The summed E-state index contributed by atoms with van der Waals surface area (Å²) in [4.78, 5) is 12.1. The van der Waals surface area contributed by atoms with Crippen molar-refractivity contribution < 1.29 is 19.4 Å². The molecule has 4 nitrogen and oxygen atoms in total. The predicted octanol–water partition coefficient (Wildman–Crippen LogP) is 4.25. The Hall–Kier alpha value is -0.810. The van der Waals surface area contributed by atoms with Crippen LogP contribution in [0.2, 0.25) is 10.0 Å². The first-order valence-corrected chi connectivity index (χ1v) is 9.26. The summed E-state index contributed by atoms with van der Waals surface area (Å²) in [5.41, 5.74) is 0.241. The van der Waals surface area contributed by atoms with E-state index in [0.717, 1.165) is 19.3 Å². The first kappa shape index (κ1) is 18.0. The number of fused-ring (bicyclic) bond motifs is 1. The molecule has 1 aliphatic carbocycles. The van der Waals surface area contributed by atoms with Crippen LogP contribution in [-0.2, 0) is 9.47 Å². The normalized spacial score (nSPS) is 28.0. The van der Waals surface area contributed by atoms with E-state index in [1.165, 1.54) is 31.4 Å². The van der Waals surface area contributed by atoms with Gasteiger partial charge in [0.2, 0.25) is 0 Å². The molecule has 0 bridgehead atoms. The third-order valence-corrected chi connectivity index (χ3v) is 5.52. The summed E-state index contributed by atoms with van der Waals surface area (Å²) in [6.45, 7) is -0.0974. The largest absolute Gasteiger partial charge is 0.459 e. The van der Waals surface area contributed by atoms with Crippen molar-refractivity contribution in [2.75, 3.05) is 6.61 Å². The molecule has 132 valence electrons. The fourth-order valence-corrected chi connectivity index (χ4v) is 4.12. The quantitative estimate of drug-likeness (QED) is 0.802. The van der Waals surface area contributed by atoms with Crippen LogP contribution in [0.4, 0.5) is 0 Å². The predicted molar refractivity (Wildman–Crippen MR) is 92.6 cm³/mol. The van der Waals surface area contributed by atoms with Gasteiger partial charge >= 0.3 is 5.97 Å². The molecule has 1 heterocycles. The minimum Gasteiger partial charge on any atom is -0.459 e. The smallest absolute Gasteiger partial charge is 0.339 e. The van der Waals surface area contributed by atoms with Gasteiger partial charge in [-0.2, -0.15) is 0 Å². The highest BCUT2D eigenvalue weighted by molar-refractivity contribution is 6.36. The third-order valence-electron chi connectivity index (χ3n) is 4.98. The molecule has 2 aliphatic rings. The number of esters is 1. The Morgan fingerprint density at radius 3 is 2.83 bits per heavy atom. The van der Waals surface area contributed by atoms with E-state index in [0.29, 0.717) is 10.9 Å². The average molecular weight is 373 g/mol. The molecule has 1 aromatic carbocycles. The third kappa shape index (κ3) is 4.23. The van der Waals surface area contributed by atoms with E-state index in [-0.39, 0.29) is 29.4 Å². The van der Waals surface area contributed by atoms with Crippen molar-refractivity contribution in [3.8, 4) is 0 Å². The van der Waals surface area contributed by atoms with Crippen LogP contribution < -0.4 is 0 Å². The molecule has 0 radical (unpaired) electrons. The lowest BCUT2D eigenvalue weighted by Crippen LogP contribution is -2.44. The number of aliphatic hydroxyl groups excluding tert-OH is 1. The monoisotopic (exact) mass is 372 g/mol. The highest BCUT2D eigenvalue weighted by Crippen LogP contribution is 2.36. The average Bonchev–Trinajstić information content (AvgIpc) is 2.59. The van der Waals surface area contributed by atoms with Gasteiger partial charge in [-0.05, 0) is 49.8 Å². The molecule has 24 heavy (non-hydrogen) atoms. The van der Waals surface area contributed by atoms with E-state index >= 15 is 0 Å². The van der Waals surface area contributed by atoms with Gasteiger partial charge in [0, 0.05) is 5.02 Å². The van der Waals surface area contributed by atoms with Gasteiger partial charge in [0.15, 0.2) is 0 Å². The first-order chi connectivity index (χ1) is 11.5. The van der Waals surface area contributed by atoms with E-state index in [2.05, 4.69) is 0 Å². The van der Waals surface area contributed by atoms with Gasteiger partial charge in [0.05, 0.1) is 22.8 Å². The standard InChI is InChI=1S/C18H22Cl2O4/c19-12-6-7-13(14(20)9-12)18(22)23-10-15(21)17-8-5-11-3-1-2-4-16(11)24-17/h6-7,9,11,15-17,21H,1-5,8,10H2/t11-,15-,16+,17-/m0/s1. The van der Waals surface area contributed by atoms with E-state index in [1.54, 1.807) is 6.07 Å². The van der Waals surface area contributed by atoms with Crippen molar-refractivity contribution in [3.63, 3.8) is 0 Å². The molecule has 0 unspecified atom stereocenters. The van der Waals surface area contributed by atoms with Crippen LogP contribution in [0.15, 0.2) is 18.2 Å². The van der Waals surface area contributed by atoms with Crippen LogP contribution in [0.5, 0.6) is 0 Å². The summed E-state index contributed by atoms with van der Waals surface area (Å²) in [5.74, 6) is 0.0553. The minimum atomic E-state index is -0.817. The zero-order valence-electron chi connectivity index (χ0n) is 13.4. The zero-order chi connectivity index (χ0) is 17.1. The number of hydrogen-bond acceptors (Lipinski definition) is 4. The summed E-state index contributed by atoms with van der Waals surface area (Å²) < 4.78 is 11.2. The van der Waals surface area contributed by atoms with Crippen molar-refractivity contribution in [2.45, 2.75) is 56.8 Å². The summed E-state index contributed by atoms with van der Waals surface area (Å²) >= 11 is 11.8. The van der Waals surface area contributed by atoms with Gasteiger partial charge in [-0.25, -0.2) is 4.79 Å². The van der Waals surface area contributed by atoms with Gasteiger partial charge in [0.1, 0.15) is 12.7 Å². The van der Waals surface area contributed by atoms with Crippen molar-refractivity contribution in [1.29, 1.82) is 0 Å². The molecule has 4 atom stereocenters. The molecule has 1 saturated carbocycles. The Balaban J connectivity index is 1.51. The number of carbonyl (C=O) groups is 1. The lowest BCUT2D eigenvalue weighted by atomic mass is 9.80. The molecule has 2 fully saturated rings. The molecule has 1 aliphatic heterocycles. The lowest BCUT2D eigenvalue weighted by Gasteiger charge is -2.40. The van der Waals surface area contributed by atoms with Gasteiger partial charge in [-0.15, -0.1) is 0 Å². The fourth-order valence-electron chi connectivity index (χ4n) is 3.64. The molecule has 1 aromatic rings. The molecule has 6 heteroatoms. The zero-order valence-corrected chi connectivity index (χ0v) is 14.9. The second-order valence-electron chi connectivity index (χ2n) is 6.62. The van der Waals surface area contributed by atoms with Crippen LogP contribution in [0.25, 0.3) is 0 Å². The van der Waals surface area contributed by atoms with E-state index < -0.39 is 12.1 Å². The number of aliphatic hydroxyl groups is 1. The van der Waals surface area contributed by atoms with Crippen LogP contribution >= 0.6 is 23.2 Å². The van der Waals surface area contributed by atoms with Crippen LogP contribution in [0.3, 0.4) is 0 Å². The van der Waals surface area contributed by atoms with E-state index in [9.17, 15) is 9.90 Å². The molecule has 1 saturated heterocycles. The Kier molecular flexibility index (Phi) is 6.03. The maximum atomic E-state index is 12.1. The summed E-state index contributed by atoms with van der Waals surface area (Å²) in [6.07, 6.45) is 5.79. The molecule has 1 N–H and O–H groups in total. The topological polar surface area (TPSA) is 55.8 Å². The second kappa shape index (κ2) is 8.05. The Labute approximate surface area is 152 Å². The van der Waals surface area contributed by atoms with Gasteiger partial charge in [0.25, 0.3) is 0 Å². The number of ether oxygens (including phenoxy) is 2. The van der Waals surface area contributed by atoms with Gasteiger partial charge in [-0.1, -0.05) is 36.0 Å². The molecular formula is C18H22Cl2O4. The number of carbonyl (C=O) groups excluding carboxylic acids is 1. The van der Waals surface area contributed by atoms with Crippen molar-refractivity contribution in [2.24, 2.45) is 5.92 Å². The summed E-state index contributed by atoms with van der Waals surface area (Å²) in [6, 6.07) is 4.58. The fraction of sp³-hybridized carbons (Fsp3) is 0.611. The highest BCUT2D eigenvalue weighted by atomic mass is 35.5. The lowest BCUT2D eigenvalue weighted by molar-refractivity contribution is -0.147. The molecule has 0 amide bonds. The second-order valence-corrected chi connectivity index (χ2v) is 7.47. The highest BCUT2D eigenvalue weighted by Gasteiger charge is 2.36. The number of hydrogen-bond donors (Lipinski definition) is 1. The SMILES string of the molecule is O=C(OC[C@H](O)[C@@H]1CC[C@@H]2CCCC[C@H]2O1)c1ccc(Cl)cc1Cl. The Morgan fingerprint density at radius 1 is 1.25 bits per heavy atom. The molecule has 0 spiro atoms.